The van der Waals surface area contributed by atoms with E-state index in [9.17, 15) is 9.59 Å². The van der Waals surface area contributed by atoms with Gasteiger partial charge in [-0.3, -0.25) is 4.79 Å². The van der Waals surface area contributed by atoms with Crippen LogP contribution in [0.5, 0.6) is 0 Å². The van der Waals surface area contributed by atoms with Crippen LogP contribution in [0.15, 0.2) is 18.2 Å². The van der Waals surface area contributed by atoms with Crippen LogP contribution in [0.1, 0.15) is 16.8 Å². The van der Waals surface area contributed by atoms with Gasteiger partial charge in [-0.25, -0.2) is 4.79 Å². The second-order valence-electron chi connectivity index (χ2n) is 4.13. The number of nitrogen functional groups attached to an aromatic ring is 1. The number of carbonyl (C=O) groups is 2. The first-order valence-corrected chi connectivity index (χ1v) is 6.17. The predicted molar refractivity (Wildman–Crippen MR) is 75.8 cm³/mol. The van der Waals surface area contributed by atoms with Gasteiger partial charge in [-0.1, -0.05) is 0 Å². The maximum Gasteiger partial charge on any atom is 0.337 e. The fourth-order valence-electron chi connectivity index (χ4n) is 1.57. The molecule has 7 heteroatoms. The summed E-state index contributed by atoms with van der Waals surface area (Å²) in [6.07, 6.45) is 0.310. The third kappa shape index (κ3) is 5.15. The molecule has 1 aromatic rings. The van der Waals surface area contributed by atoms with Crippen LogP contribution in [-0.4, -0.2) is 43.8 Å². The molecule has 0 bridgehead atoms. The van der Waals surface area contributed by atoms with Crippen LogP contribution in [0.3, 0.4) is 0 Å². The van der Waals surface area contributed by atoms with Crippen LogP contribution in [0, 0.1) is 0 Å². The van der Waals surface area contributed by atoms with E-state index in [1.54, 1.807) is 13.2 Å². The highest BCUT2D eigenvalue weighted by molar-refractivity contribution is 5.94. The largest absolute Gasteiger partial charge is 0.478 e. The number of carboxylic acid groups (broad SMARTS) is 1. The van der Waals surface area contributed by atoms with Crippen molar-refractivity contribution in [1.82, 2.24) is 5.32 Å². The molecule has 0 aromatic heterocycles. The predicted octanol–water partition coefficient (Wildman–Crippen LogP) is 0.532. The van der Waals surface area contributed by atoms with Gasteiger partial charge in [0.1, 0.15) is 0 Å². The van der Waals surface area contributed by atoms with Gasteiger partial charge in [0.05, 0.1) is 12.2 Å². The summed E-state index contributed by atoms with van der Waals surface area (Å²) in [5, 5.41) is 14.6. The monoisotopic (exact) mass is 281 g/mol. The highest BCUT2D eigenvalue weighted by Gasteiger charge is 2.08. The lowest BCUT2D eigenvalue weighted by atomic mass is 10.1. The Bertz CT molecular complexity index is 477. The molecule has 0 unspecified atom stereocenters. The van der Waals surface area contributed by atoms with Crippen LogP contribution in [-0.2, 0) is 9.53 Å². The average Bonchev–Trinajstić information content (AvgIpc) is 2.38. The van der Waals surface area contributed by atoms with Crippen molar-refractivity contribution >= 4 is 23.3 Å². The van der Waals surface area contributed by atoms with E-state index in [2.05, 4.69) is 10.6 Å². The van der Waals surface area contributed by atoms with Crippen LogP contribution >= 0.6 is 0 Å². The topological polar surface area (TPSA) is 114 Å². The minimum absolute atomic E-state index is 0.0628. The van der Waals surface area contributed by atoms with E-state index in [1.807, 2.05) is 0 Å². The van der Waals surface area contributed by atoms with Gasteiger partial charge in [-0.05, 0) is 18.2 Å². The van der Waals surface area contributed by atoms with Gasteiger partial charge in [-0.2, -0.15) is 0 Å². The number of carboxylic acids is 1. The molecule has 0 aliphatic rings. The number of benzene rings is 1. The van der Waals surface area contributed by atoms with Crippen molar-refractivity contribution in [1.29, 1.82) is 0 Å². The maximum atomic E-state index is 11.4. The molecule has 0 radical (unpaired) electrons. The summed E-state index contributed by atoms with van der Waals surface area (Å²) in [5.74, 6) is -1.14. The summed E-state index contributed by atoms with van der Waals surface area (Å²) < 4.78 is 4.82. The van der Waals surface area contributed by atoms with Crippen molar-refractivity contribution in [2.45, 2.75) is 6.42 Å². The Morgan fingerprint density at radius 1 is 1.35 bits per heavy atom. The van der Waals surface area contributed by atoms with Crippen LogP contribution in [0.2, 0.25) is 0 Å². The molecule has 110 valence electrons. The Labute approximate surface area is 117 Å². The van der Waals surface area contributed by atoms with E-state index in [-0.39, 0.29) is 17.2 Å². The van der Waals surface area contributed by atoms with Crippen LogP contribution < -0.4 is 16.4 Å². The summed E-state index contributed by atoms with van der Waals surface area (Å²) in [6, 6.07) is 4.58. The van der Waals surface area contributed by atoms with E-state index in [4.69, 9.17) is 15.6 Å². The SMILES string of the molecule is COCCNC(=O)CCNc1ccc(C(=O)O)c(N)c1. The number of amides is 1. The third-order valence-corrected chi connectivity index (χ3v) is 2.59. The number of nitrogens with two attached hydrogens (primary N) is 1. The van der Waals surface area contributed by atoms with Gasteiger partial charge < -0.3 is 26.2 Å². The van der Waals surface area contributed by atoms with Gasteiger partial charge in [-0.15, -0.1) is 0 Å². The lowest BCUT2D eigenvalue weighted by Gasteiger charge is -2.09. The standard InChI is InChI=1S/C13H19N3O4/c1-20-7-6-16-12(17)4-5-15-9-2-3-10(13(18)19)11(14)8-9/h2-3,8,15H,4-7,14H2,1H3,(H,16,17)(H,18,19). The number of anilines is 2. The highest BCUT2D eigenvalue weighted by atomic mass is 16.5. The number of carbonyl (C=O) groups excluding carboxylic acids is 1. The Balaban J connectivity index is 2.37. The molecule has 20 heavy (non-hydrogen) atoms. The minimum atomic E-state index is -1.06. The highest BCUT2D eigenvalue weighted by Crippen LogP contribution is 2.17. The fraction of sp³-hybridized carbons (Fsp3) is 0.385. The van der Waals surface area contributed by atoms with E-state index >= 15 is 0 Å². The molecule has 0 saturated heterocycles. The van der Waals surface area contributed by atoms with Crippen molar-refractivity contribution in [3.05, 3.63) is 23.8 Å². The molecule has 1 amide bonds. The Hall–Kier alpha value is -2.28. The molecule has 0 saturated carbocycles. The molecule has 0 atom stereocenters. The normalized spacial score (nSPS) is 10.1. The smallest absolute Gasteiger partial charge is 0.337 e. The molecule has 1 aromatic carbocycles. The molecule has 0 aliphatic heterocycles. The molecule has 7 nitrogen and oxygen atoms in total. The molecular formula is C13H19N3O4. The third-order valence-electron chi connectivity index (χ3n) is 2.59. The van der Waals surface area contributed by atoms with Gasteiger partial charge in [0.2, 0.25) is 5.91 Å². The van der Waals surface area contributed by atoms with E-state index < -0.39 is 5.97 Å². The molecule has 0 heterocycles. The zero-order valence-electron chi connectivity index (χ0n) is 11.3. The fourth-order valence-corrected chi connectivity index (χ4v) is 1.57. The lowest BCUT2D eigenvalue weighted by molar-refractivity contribution is -0.121. The van der Waals surface area contributed by atoms with E-state index in [0.717, 1.165) is 0 Å². The number of hydrogen-bond acceptors (Lipinski definition) is 5. The van der Waals surface area contributed by atoms with Crippen molar-refractivity contribution in [2.75, 3.05) is 37.9 Å². The van der Waals surface area contributed by atoms with Gasteiger partial charge in [0.15, 0.2) is 0 Å². The number of nitrogens with one attached hydrogen (secondary N) is 2. The lowest BCUT2D eigenvalue weighted by Crippen LogP contribution is -2.28. The van der Waals surface area contributed by atoms with Crippen molar-refractivity contribution in [3.63, 3.8) is 0 Å². The summed E-state index contributed by atoms with van der Waals surface area (Å²) in [7, 11) is 1.57. The first-order chi connectivity index (χ1) is 9.54. The molecule has 0 aliphatic carbocycles. The number of ether oxygens (including phenoxy) is 1. The summed E-state index contributed by atoms with van der Waals surface area (Å²) in [6.45, 7) is 1.40. The molecular weight excluding hydrogens is 262 g/mol. The van der Waals surface area contributed by atoms with Crippen molar-refractivity contribution in [3.8, 4) is 0 Å². The second kappa shape index (κ2) is 8.00. The Morgan fingerprint density at radius 3 is 2.70 bits per heavy atom. The van der Waals surface area contributed by atoms with E-state index in [1.165, 1.54) is 12.1 Å². The Kier molecular flexibility index (Phi) is 6.31. The van der Waals surface area contributed by atoms with Gasteiger partial charge in [0.25, 0.3) is 0 Å². The zero-order chi connectivity index (χ0) is 15.0. The molecule has 1 rings (SSSR count). The molecule has 0 fully saturated rings. The molecule has 0 spiro atoms. The first kappa shape index (κ1) is 15.8. The number of aromatic carboxylic acids is 1. The minimum Gasteiger partial charge on any atom is -0.478 e. The molecule has 5 N–H and O–H groups in total. The number of methoxy groups -OCH3 is 1. The first-order valence-electron chi connectivity index (χ1n) is 6.17. The van der Waals surface area contributed by atoms with Gasteiger partial charge >= 0.3 is 5.97 Å². The summed E-state index contributed by atoms with van der Waals surface area (Å²) in [4.78, 5) is 22.2. The number of hydrogen-bond donors (Lipinski definition) is 4. The second-order valence-corrected chi connectivity index (χ2v) is 4.13. The zero-order valence-corrected chi connectivity index (χ0v) is 11.3. The van der Waals surface area contributed by atoms with Crippen molar-refractivity contribution in [2.24, 2.45) is 0 Å². The van der Waals surface area contributed by atoms with Crippen LogP contribution in [0.4, 0.5) is 11.4 Å². The number of rotatable bonds is 8. The van der Waals surface area contributed by atoms with E-state index in [0.29, 0.717) is 31.8 Å². The maximum absolute atomic E-state index is 11.4. The average molecular weight is 281 g/mol. The summed E-state index contributed by atoms with van der Waals surface area (Å²) >= 11 is 0. The van der Waals surface area contributed by atoms with Crippen molar-refractivity contribution < 1.29 is 19.4 Å². The van der Waals surface area contributed by atoms with Crippen LogP contribution in [0.25, 0.3) is 0 Å². The van der Waals surface area contributed by atoms with Gasteiger partial charge in [0, 0.05) is 38.0 Å². The summed E-state index contributed by atoms with van der Waals surface area (Å²) in [5.41, 5.74) is 6.55. The Morgan fingerprint density at radius 2 is 2.10 bits per heavy atom. The quantitative estimate of drug-likeness (QED) is 0.408.